The smallest absolute Gasteiger partial charge is 0.261 e. The van der Waals surface area contributed by atoms with E-state index < -0.39 is 20.0 Å². The number of benzene rings is 3. The number of halogens is 1. The molecule has 1 aliphatic rings. The zero-order valence-electron chi connectivity index (χ0n) is 18.4. The summed E-state index contributed by atoms with van der Waals surface area (Å²) >= 11 is 6.31. The fraction of sp³-hybridized carbons (Fsp3) is 0.174. The largest absolute Gasteiger partial charge is 0.308 e. The van der Waals surface area contributed by atoms with Gasteiger partial charge in [0.15, 0.2) is 0 Å². The van der Waals surface area contributed by atoms with E-state index >= 15 is 0 Å². The molecule has 0 aliphatic carbocycles. The molecule has 0 radical (unpaired) electrons. The minimum Gasteiger partial charge on any atom is -0.308 e. The lowest BCUT2D eigenvalue weighted by Crippen LogP contribution is -2.29. The summed E-state index contributed by atoms with van der Waals surface area (Å²) in [4.78, 5) is 15.0. The lowest BCUT2D eigenvalue weighted by molar-refractivity contribution is 0.0989. The second kappa shape index (κ2) is 9.03. The topological polar surface area (TPSA) is 104 Å². The quantitative estimate of drug-likeness (QED) is 0.536. The molecule has 1 amide bonds. The van der Waals surface area contributed by atoms with Crippen molar-refractivity contribution in [1.82, 2.24) is 4.31 Å². The van der Waals surface area contributed by atoms with Crippen molar-refractivity contribution in [1.29, 1.82) is 0 Å². The van der Waals surface area contributed by atoms with E-state index in [-0.39, 0.29) is 32.0 Å². The Labute approximate surface area is 203 Å². The van der Waals surface area contributed by atoms with E-state index in [4.69, 9.17) is 11.6 Å². The third kappa shape index (κ3) is 4.54. The number of rotatable bonds is 6. The van der Waals surface area contributed by atoms with Crippen molar-refractivity contribution in [3.8, 4) is 0 Å². The highest BCUT2D eigenvalue weighted by Crippen LogP contribution is 2.33. The van der Waals surface area contributed by atoms with Gasteiger partial charge in [0.05, 0.1) is 20.5 Å². The average Bonchev–Trinajstić information content (AvgIpc) is 3.23. The van der Waals surface area contributed by atoms with Gasteiger partial charge in [-0.05, 0) is 60.5 Å². The number of nitrogens with one attached hydrogen (secondary N) is 1. The molecule has 178 valence electrons. The zero-order chi connectivity index (χ0) is 24.7. The van der Waals surface area contributed by atoms with E-state index in [1.165, 1.54) is 50.5 Å². The minimum absolute atomic E-state index is 0.0807. The van der Waals surface area contributed by atoms with Crippen LogP contribution in [0.4, 0.5) is 11.4 Å². The van der Waals surface area contributed by atoms with Gasteiger partial charge in [0.2, 0.25) is 10.0 Å². The molecule has 34 heavy (non-hydrogen) atoms. The van der Waals surface area contributed by atoms with Crippen LogP contribution in [0, 0.1) is 0 Å². The fourth-order valence-electron chi connectivity index (χ4n) is 3.65. The summed E-state index contributed by atoms with van der Waals surface area (Å²) < 4.78 is 53.5. The molecule has 0 spiro atoms. The van der Waals surface area contributed by atoms with E-state index in [1.807, 2.05) is 0 Å². The van der Waals surface area contributed by atoms with Crippen LogP contribution in [0.5, 0.6) is 0 Å². The van der Waals surface area contributed by atoms with Crippen LogP contribution in [-0.4, -0.2) is 47.7 Å². The molecule has 11 heteroatoms. The molecule has 0 saturated heterocycles. The Hall–Kier alpha value is -2.92. The Balaban J connectivity index is 1.57. The predicted octanol–water partition coefficient (Wildman–Crippen LogP) is 3.59. The third-order valence-corrected chi connectivity index (χ3v) is 8.99. The number of fused-ring (bicyclic) bond motifs is 1. The first-order chi connectivity index (χ1) is 16.0. The van der Waals surface area contributed by atoms with Gasteiger partial charge in [-0.25, -0.2) is 21.1 Å². The van der Waals surface area contributed by atoms with Gasteiger partial charge in [-0.3, -0.25) is 9.52 Å². The standard InChI is InChI=1S/C23H22ClN3O5S2/c1-26(2)34(31,32)19-9-11-22-16(14-19)12-13-27(22)23(28)17-8-10-21(20(24)15-17)25-33(29,30)18-6-4-3-5-7-18/h3-11,14-15,25H,12-13H2,1-2H3. The van der Waals surface area contributed by atoms with Gasteiger partial charge in [0, 0.05) is 31.9 Å². The highest BCUT2D eigenvalue weighted by Gasteiger charge is 2.28. The van der Waals surface area contributed by atoms with Crippen molar-refractivity contribution in [3.05, 3.63) is 82.9 Å². The lowest BCUT2D eigenvalue weighted by Gasteiger charge is -2.19. The number of sulfonamides is 2. The summed E-state index contributed by atoms with van der Waals surface area (Å²) in [5.41, 5.74) is 1.83. The third-order valence-electron chi connectivity index (χ3n) is 5.48. The maximum Gasteiger partial charge on any atom is 0.261 e. The van der Waals surface area contributed by atoms with E-state index in [2.05, 4.69) is 4.72 Å². The second-order valence-corrected chi connectivity index (χ2v) is 12.1. The molecular weight excluding hydrogens is 498 g/mol. The molecule has 4 rings (SSSR count). The van der Waals surface area contributed by atoms with Crippen LogP contribution < -0.4 is 9.62 Å². The molecule has 3 aromatic carbocycles. The molecule has 0 aromatic heterocycles. The van der Waals surface area contributed by atoms with Gasteiger partial charge in [0.25, 0.3) is 15.9 Å². The molecule has 1 heterocycles. The molecule has 8 nitrogen and oxygen atoms in total. The van der Waals surface area contributed by atoms with Gasteiger partial charge in [-0.1, -0.05) is 29.8 Å². The summed E-state index contributed by atoms with van der Waals surface area (Å²) in [7, 11) is -4.48. The molecule has 1 aliphatic heterocycles. The molecule has 1 N–H and O–H groups in total. The summed E-state index contributed by atoms with van der Waals surface area (Å²) in [5, 5.41) is 0.0807. The zero-order valence-corrected chi connectivity index (χ0v) is 20.8. The summed E-state index contributed by atoms with van der Waals surface area (Å²) in [6.07, 6.45) is 0.514. The maximum absolute atomic E-state index is 13.2. The van der Waals surface area contributed by atoms with Crippen LogP contribution in [0.1, 0.15) is 15.9 Å². The van der Waals surface area contributed by atoms with Gasteiger partial charge in [0.1, 0.15) is 0 Å². The molecule has 0 unspecified atom stereocenters. The molecular formula is C23H22ClN3O5S2. The maximum atomic E-state index is 13.2. The van der Waals surface area contributed by atoms with E-state index in [0.29, 0.717) is 18.7 Å². The predicted molar refractivity (Wildman–Crippen MR) is 131 cm³/mol. The summed E-state index contributed by atoms with van der Waals surface area (Å²) in [6, 6.07) is 16.9. The Kier molecular flexibility index (Phi) is 6.43. The van der Waals surface area contributed by atoms with Crippen molar-refractivity contribution in [3.63, 3.8) is 0 Å². The monoisotopic (exact) mass is 519 g/mol. The first kappa shape index (κ1) is 24.2. The molecule has 3 aromatic rings. The van der Waals surface area contributed by atoms with Crippen molar-refractivity contribution >= 4 is 48.9 Å². The SMILES string of the molecule is CN(C)S(=O)(=O)c1ccc2c(c1)CCN2C(=O)c1ccc(NS(=O)(=O)c2ccccc2)c(Cl)c1. The van der Waals surface area contributed by atoms with Crippen molar-refractivity contribution in [2.75, 3.05) is 30.3 Å². The Morgan fingerprint density at radius 1 is 0.941 bits per heavy atom. The van der Waals surface area contributed by atoms with Gasteiger partial charge in [-0.2, -0.15) is 0 Å². The summed E-state index contributed by atoms with van der Waals surface area (Å²) in [5.74, 6) is -0.318. The Bertz CT molecular complexity index is 1470. The van der Waals surface area contributed by atoms with Gasteiger partial charge in [-0.15, -0.1) is 0 Å². The first-order valence-electron chi connectivity index (χ1n) is 10.3. The molecule has 0 atom stereocenters. The summed E-state index contributed by atoms with van der Waals surface area (Å²) in [6.45, 7) is 0.389. The highest BCUT2D eigenvalue weighted by molar-refractivity contribution is 7.92. The number of amides is 1. The van der Waals surface area contributed by atoms with Gasteiger partial charge >= 0.3 is 0 Å². The van der Waals surface area contributed by atoms with Crippen molar-refractivity contribution in [2.24, 2.45) is 0 Å². The molecule has 0 bridgehead atoms. The van der Waals surface area contributed by atoms with Crippen LogP contribution in [0.3, 0.4) is 0 Å². The van der Waals surface area contributed by atoms with Crippen molar-refractivity contribution in [2.45, 2.75) is 16.2 Å². The van der Waals surface area contributed by atoms with Crippen molar-refractivity contribution < 1.29 is 21.6 Å². The van der Waals surface area contributed by atoms with Crippen LogP contribution in [0.15, 0.2) is 76.5 Å². The Morgan fingerprint density at radius 2 is 1.65 bits per heavy atom. The number of nitrogens with zero attached hydrogens (tertiary/aromatic N) is 2. The minimum atomic E-state index is -3.83. The van der Waals surface area contributed by atoms with E-state index in [0.717, 1.165) is 9.87 Å². The van der Waals surface area contributed by atoms with Crippen LogP contribution in [-0.2, 0) is 26.5 Å². The number of carbonyl (C=O) groups excluding carboxylic acids is 1. The second-order valence-electron chi connectivity index (χ2n) is 7.90. The highest BCUT2D eigenvalue weighted by atomic mass is 35.5. The number of hydrogen-bond acceptors (Lipinski definition) is 5. The number of anilines is 2. The number of carbonyl (C=O) groups is 1. The number of hydrogen-bond donors (Lipinski definition) is 1. The lowest BCUT2D eigenvalue weighted by atomic mass is 10.1. The van der Waals surface area contributed by atoms with Gasteiger partial charge < -0.3 is 4.90 Å². The Morgan fingerprint density at radius 3 is 2.29 bits per heavy atom. The normalized spacial score (nSPS) is 13.7. The van der Waals surface area contributed by atoms with Crippen LogP contribution >= 0.6 is 11.6 Å². The van der Waals surface area contributed by atoms with Crippen LogP contribution in [0.25, 0.3) is 0 Å². The fourth-order valence-corrected chi connectivity index (χ4v) is 5.99. The van der Waals surface area contributed by atoms with E-state index in [9.17, 15) is 21.6 Å². The molecule has 0 saturated carbocycles. The first-order valence-corrected chi connectivity index (χ1v) is 13.6. The average molecular weight is 520 g/mol. The van der Waals surface area contributed by atoms with E-state index in [1.54, 1.807) is 35.2 Å². The molecule has 0 fully saturated rings. The van der Waals surface area contributed by atoms with Crippen LogP contribution in [0.2, 0.25) is 5.02 Å².